The lowest BCUT2D eigenvalue weighted by atomic mass is 10.0. The molecule has 2 amide bonds. The number of hydrogen-bond donors (Lipinski definition) is 1. The van der Waals surface area contributed by atoms with Crippen molar-refractivity contribution in [3.8, 4) is 0 Å². The molecule has 1 unspecified atom stereocenters. The zero-order valence-electron chi connectivity index (χ0n) is 8.74. The Morgan fingerprint density at radius 2 is 2.21 bits per heavy atom. The van der Waals surface area contributed by atoms with Crippen molar-refractivity contribution in [2.24, 2.45) is 5.92 Å². The van der Waals surface area contributed by atoms with E-state index < -0.39 is 6.04 Å². The van der Waals surface area contributed by atoms with Gasteiger partial charge in [0, 0.05) is 13.1 Å². The van der Waals surface area contributed by atoms with E-state index in [2.05, 4.69) is 10.1 Å². The van der Waals surface area contributed by atoms with Crippen LogP contribution in [0.1, 0.15) is 13.8 Å². The van der Waals surface area contributed by atoms with E-state index in [4.69, 9.17) is 0 Å². The number of rotatable bonds is 3. The normalized spacial score (nSPS) is 18.3. The summed E-state index contributed by atoms with van der Waals surface area (Å²) < 4.78 is 4.67. The maximum atomic E-state index is 11.4. The van der Waals surface area contributed by atoms with Gasteiger partial charge >= 0.3 is 12.0 Å². The lowest BCUT2D eigenvalue weighted by Gasteiger charge is -2.27. The van der Waals surface area contributed by atoms with Crippen molar-refractivity contribution in [1.29, 1.82) is 0 Å². The highest BCUT2D eigenvalue weighted by Crippen LogP contribution is 2.14. The standard InChI is InChI=1S/C9H16N2O3/c1-6(2)7(8(12)14-3)11-5-4-10-9(11)13/h6-7H,4-5H2,1-3H3,(H,10,13). The molecule has 0 saturated carbocycles. The van der Waals surface area contributed by atoms with Crippen LogP contribution >= 0.6 is 0 Å². The van der Waals surface area contributed by atoms with Gasteiger partial charge in [0.1, 0.15) is 6.04 Å². The number of nitrogens with zero attached hydrogens (tertiary/aromatic N) is 1. The van der Waals surface area contributed by atoms with Gasteiger partial charge in [-0.05, 0) is 5.92 Å². The maximum Gasteiger partial charge on any atom is 0.328 e. The number of carbonyl (C=O) groups excluding carboxylic acids is 2. The molecule has 0 aromatic carbocycles. The molecule has 1 atom stereocenters. The molecule has 0 aromatic heterocycles. The van der Waals surface area contributed by atoms with Crippen LogP contribution in [0.3, 0.4) is 0 Å². The Labute approximate surface area is 83.4 Å². The first-order chi connectivity index (χ1) is 6.57. The first kappa shape index (κ1) is 10.8. The third-order valence-electron chi connectivity index (χ3n) is 2.30. The molecule has 5 nitrogen and oxygen atoms in total. The van der Waals surface area contributed by atoms with Crippen molar-refractivity contribution in [2.75, 3.05) is 20.2 Å². The first-order valence-electron chi connectivity index (χ1n) is 4.70. The van der Waals surface area contributed by atoms with Crippen molar-refractivity contribution >= 4 is 12.0 Å². The molecule has 1 heterocycles. The van der Waals surface area contributed by atoms with Gasteiger partial charge in [-0.2, -0.15) is 0 Å². The molecule has 0 aliphatic carbocycles. The molecule has 1 rings (SSSR count). The molecule has 1 aliphatic rings. The number of carbonyl (C=O) groups is 2. The SMILES string of the molecule is COC(=O)C(C(C)C)N1CCNC1=O. The van der Waals surface area contributed by atoms with E-state index in [1.54, 1.807) is 0 Å². The van der Waals surface area contributed by atoms with E-state index in [-0.39, 0.29) is 17.9 Å². The third kappa shape index (κ3) is 1.97. The minimum atomic E-state index is -0.470. The summed E-state index contributed by atoms with van der Waals surface area (Å²) in [4.78, 5) is 24.3. The Morgan fingerprint density at radius 3 is 2.57 bits per heavy atom. The molecule has 0 bridgehead atoms. The summed E-state index contributed by atoms with van der Waals surface area (Å²) in [6, 6.07) is -0.656. The summed E-state index contributed by atoms with van der Waals surface area (Å²) in [5.41, 5.74) is 0. The minimum Gasteiger partial charge on any atom is -0.467 e. The van der Waals surface area contributed by atoms with Crippen LogP contribution in [0.25, 0.3) is 0 Å². The van der Waals surface area contributed by atoms with Crippen LogP contribution in [0.5, 0.6) is 0 Å². The number of nitrogens with one attached hydrogen (secondary N) is 1. The molecule has 0 spiro atoms. The largest absolute Gasteiger partial charge is 0.467 e. The molecule has 1 saturated heterocycles. The lowest BCUT2D eigenvalue weighted by molar-refractivity contribution is -0.147. The van der Waals surface area contributed by atoms with Gasteiger partial charge in [-0.1, -0.05) is 13.8 Å². The van der Waals surface area contributed by atoms with Crippen molar-refractivity contribution in [2.45, 2.75) is 19.9 Å². The highest BCUT2D eigenvalue weighted by molar-refractivity contribution is 5.84. The number of ether oxygens (including phenoxy) is 1. The van der Waals surface area contributed by atoms with Gasteiger partial charge in [0.15, 0.2) is 0 Å². The summed E-state index contributed by atoms with van der Waals surface area (Å²) in [5.74, 6) is -0.289. The Bertz CT molecular complexity index is 240. The van der Waals surface area contributed by atoms with E-state index in [0.717, 1.165) is 0 Å². The van der Waals surface area contributed by atoms with Crippen molar-refractivity contribution < 1.29 is 14.3 Å². The zero-order valence-corrected chi connectivity index (χ0v) is 8.74. The van der Waals surface area contributed by atoms with E-state index in [1.165, 1.54) is 12.0 Å². The van der Waals surface area contributed by atoms with Gasteiger partial charge in [-0.25, -0.2) is 9.59 Å². The van der Waals surface area contributed by atoms with Gasteiger partial charge in [-0.3, -0.25) is 0 Å². The monoisotopic (exact) mass is 200 g/mol. The average molecular weight is 200 g/mol. The first-order valence-corrected chi connectivity index (χ1v) is 4.70. The van der Waals surface area contributed by atoms with Crippen LogP contribution in [-0.4, -0.2) is 43.1 Å². The maximum absolute atomic E-state index is 11.4. The van der Waals surface area contributed by atoms with Crippen molar-refractivity contribution in [1.82, 2.24) is 10.2 Å². The second-order valence-electron chi connectivity index (χ2n) is 3.64. The van der Waals surface area contributed by atoms with E-state index in [0.29, 0.717) is 13.1 Å². The Balaban J connectivity index is 2.76. The summed E-state index contributed by atoms with van der Waals surface area (Å²) in [5, 5.41) is 2.66. The van der Waals surface area contributed by atoms with E-state index in [1.807, 2.05) is 13.8 Å². The number of urea groups is 1. The van der Waals surface area contributed by atoms with Crippen LogP contribution in [-0.2, 0) is 9.53 Å². The van der Waals surface area contributed by atoms with Crippen LogP contribution < -0.4 is 5.32 Å². The molecular weight excluding hydrogens is 184 g/mol. The molecule has 1 N–H and O–H groups in total. The topological polar surface area (TPSA) is 58.6 Å². The van der Waals surface area contributed by atoms with Crippen LogP contribution in [0, 0.1) is 5.92 Å². The van der Waals surface area contributed by atoms with Crippen LogP contribution in [0.4, 0.5) is 4.79 Å². The van der Waals surface area contributed by atoms with Gasteiger partial charge in [-0.15, -0.1) is 0 Å². The fourth-order valence-electron chi connectivity index (χ4n) is 1.63. The second kappa shape index (κ2) is 4.30. The Kier molecular flexibility index (Phi) is 3.33. The van der Waals surface area contributed by atoms with Crippen LogP contribution in [0.2, 0.25) is 0 Å². The fourth-order valence-corrected chi connectivity index (χ4v) is 1.63. The smallest absolute Gasteiger partial charge is 0.328 e. The van der Waals surface area contributed by atoms with Gasteiger partial charge in [0.05, 0.1) is 7.11 Å². The number of hydrogen-bond acceptors (Lipinski definition) is 3. The predicted octanol–water partition coefficient (Wildman–Crippen LogP) is 0.209. The molecule has 1 fully saturated rings. The predicted molar refractivity (Wildman–Crippen MR) is 50.7 cm³/mol. The highest BCUT2D eigenvalue weighted by atomic mass is 16.5. The van der Waals surface area contributed by atoms with Crippen molar-refractivity contribution in [3.05, 3.63) is 0 Å². The Morgan fingerprint density at radius 1 is 1.57 bits per heavy atom. The fraction of sp³-hybridized carbons (Fsp3) is 0.778. The molecular formula is C9H16N2O3. The second-order valence-corrected chi connectivity index (χ2v) is 3.64. The summed E-state index contributed by atoms with van der Waals surface area (Å²) >= 11 is 0. The van der Waals surface area contributed by atoms with Crippen molar-refractivity contribution in [3.63, 3.8) is 0 Å². The van der Waals surface area contributed by atoms with Gasteiger partial charge in [0.25, 0.3) is 0 Å². The van der Waals surface area contributed by atoms with Gasteiger partial charge in [0.2, 0.25) is 0 Å². The van der Waals surface area contributed by atoms with Crippen LogP contribution in [0.15, 0.2) is 0 Å². The number of amides is 2. The average Bonchev–Trinajstić information content (AvgIpc) is 2.52. The molecule has 5 heteroatoms. The zero-order chi connectivity index (χ0) is 10.7. The molecule has 14 heavy (non-hydrogen) atoms. The quantitative estimate of drug-likeness (QED) is 0.662. The lowest BCUT2D eigenvalue weighted by Crippen LogP contribution is -2.46. The Hall–Kier alpha value is -1.26. The summed E-state index contributed by atoms with van der Waals surface area (Å²) in [7, 11) is 1.34. The highest BCUT2D eigenvalue weighted by Gasteiger charge is 2.35. The molecule has 0 aromatic rings. The number of methoxy groups -OCH3 is 1. The molecule has 1 aliphatic heterocycles. The van der Waals surface area contributed by atoms with E-state index in [9.17, 15) is 9.59 Å². The minimum absolute atomic E-state index is 0.0614. The van der Waals surface area contributed by atoms with Gasteiger partial charge < -0.3 is 15.0 Å². The molecule has 80 valence electrons. The third-order valence-corrected chi connectivity index (χ3v) is 2.30. The summed E-state index contributed by atoms with van der Waals surface area (Å²) in [6.07, 6.45) is 0. The molecule has 0 radical (unpaired) electrons. The van der Waals surface area contributed by atoms with E-state index >= 15 is 0 Å². The summed E-state index contributed by atoms with van der Waals surface area (Å²) in [6.45, 7) is 4.95. The number of esters is 1.